The number of aliphatic hydroxyl groups is 1. The molecule has 1 amide bonds. The highest BCUT2D eigenvalue weighted by Crippen LogP contribution is 2.48. The molecule has 2 aliphatic rings. The SMILES string of the molecule is COc1c(Cl)cc(/C(O)=C2\C(=O)C(=O)N(C3CCCCC3)C2c2ccc(O)cc2)c(OC)c1Cl. The summed E-state index contributed by atoms with van der Waals surface area (Å²) in [6, 6.07) is 6.66. The standard InChI is InChI=1S/C25H25Cl2NO6/c1-33-23-16(12-17(26)24(34-2)19(23)27)21(30)18-20(13-8-10-15(29)11-9-13)28(25(32)22(18)31)14-6-4-3-5-7-14/h8-12,14,20,29-30H,3-7H2,1-2H3/b21-18+. The average molecular weight is 506 g/mol. The van der Waals surface area contributed by atoms with Crippen molar-refractivity contribution in [2.45, 2.75) is 44.2 Å². The van der Waals surface area contributed by atoms with Gasteiger partial charge in [0, 0.05) is 6.04 Å². The van der Waals surface area contributed by atoms with Gasteiger partial charge in [-0.1, -0.05) is 54.6 Å². The van der Waals surface area contributed by atoms with Gasteiger partial charge in [0.1, 0.15) is 16.5 Å². The Morgan fingerprint density at radius 3 is 2.21 bits per heavy atom. The number of hydrogen-bond donors (Lipinski definition) is 2. The Hall–Kier alpha value is -2.90. The third-order valence-electron chi connectivity index (χ3n) is 6.45. The van der Waals surface area contributed by atoms with Crippen molar-refractivity contribution in [3.05, 3.63) is 57.1 Å². The molecule has 1 unspecified atom stereocenters. The van der Waals surface area contributed by atoms with E-state index in [1.165, 1.54) is 32.4 Å². The number of phenolic OH excluding ortho intramolecular Hbond substituents is 1. The number of hydrogen-bond acceptors (Lipinski definition) is 6. The minimum atomic E-state index is -0.840. The fraction of sp³-hybridized carbons (Fsp3) is 0.360. The minimum Gasteiger partial charge on any atom is -0.508 e. The highest BCUT2D eigenvalue weighted by atomic mass is 35.5. The number of amides is 1. The molecule has 1 aliphatic carbocycles. The van der Waals surface area contributed by atoms with E-state index in [-0.39, 0.29) is 44.5 Å². The molecule has 1 heterocycles. The van der Waals surface area contributed by atoms with Crippen molar-refractivity contribution in [3.8, 4) is 17.2 Å². The second kappa shape index (κ2) is 9.76. The number of methoxy groups -OCH3 is 2. The zero-order valence-corrected chi connectivity index (χ0v) is 20.3. The van der Waals surface area contributed by atoms with Crippen molar-refractivity contribution in [1.29, 1.82) is 0 Å². The van der Waals surface area contributed by atoms with E-state index in [0.29, 0.717) is 5.56 Å². The van der Waals surface area contributed by atoms with E-state index < -0.39 is 23.5 Å². The molecule has 0 spiro atoms. The van der Waals surface area contributed by atoms with Gasteiger partial charge in [0.15, 0.2) is 11.5 Å². The van der Waals surface area contributed by atoms with Crippen LogP contribution in [0.1, 0.15) is 49.3 Å². The van der Waals surface area contributed by atoms with Gasteiger partial charge in [0.25, 0.3) is 11.7 Å². The summed E-state index contributed by atoms with van der Waals surface area (Å²) in [7, 11) is 2.76. The number of ketones is 1. The largest absolute Gasteiger partial charge is 0.508 e. The lowest BCUT2D eigenvalue weighted by molar-refractivity contribution is -0.141. The van der Waals surface area contributed by atoms with Crippen LogP contribution in [0.15, 0.2) is 35.9 Å². The molecular formula is C25H25Cl2NO6. The first-order chi connectivity index (χ1) is 16.3. The summed E-state index contributed by atoms with van der Waals surface area (Å²) in [4.78, 5) is 28.2. The van der Waals surface area contributed by atoms with Crippen LogP contribution in [-0.2, 0) is 9.59 Å². The van der Waals surface area contributed by atoms with E-state index in [4.69, 9.17) is 32.7 Å². The number of carbonyl (C=O) groups excluding carboxylic acids is 2. The lowest BCUT2D eigenvalue weighted by Crippen LogP contribution is -2.40. The summed E-state index contributed by atoms with van der Waals surface area (Å²) in [5, 5.41) is 21.3. The van der Waals surface area contributed by atoms with Crippen LogP contribution >= 0.6 is 23.2 Å². The van der Waals surface area contributed by atoms with Gasteiger partial charge in [-0.25, -0.2) is 0 Å². The van der Waals surface area contributed by atoms with Gasteiger partial charge in [-0.2, -0.15) is 0 Å². The maximum atomic E-state index is 13.3. The molecule has 0 bridgehead atoms. The molecule has 2 aromatic carbocycles. The maximum Gasteiger partial charge on any atom is 0.295 e. The molecule has 2 aromatic rings. The van der Waals surface area contributed by atoms with Crippen LogP contribution in [0, 0.1) is 0 Å². The first-order valence-electron chi connectivity index (χ1n) is 11.0. The molecule has 4 rings (SSSR count). The van der Waals surface area contributed by atoms with Crippen molar-refractivity contribution in [1.82, 2.24) is 4.90 Å². The Balaban J connectivity index is 1.95. The first kappa shape index (κ1) is 24.2. The second-order valence-electron chi connectivity index (χ2n) is 8.38. The highest BCUT2D eigenvalue weighted by Gasteiger charge is 2.49. The number of nitrogens with zero attached hydrogens (tertiary/aromatic N) is 1. The summed E-state index contributed by atoms with van der Waals surface area (Å²) in [5.74, 6) is -1.64. The van der Waals surface area contributed by atoms with Crippen LogP contribution in [0.25, 0.3) is 5.76 Å². The number of rotatable bonds is 5. The van der Waals surface area contributed by atoms with Crippen LogP contribution in [-0.4, -0.2) is 47.1 Å². The molecule has 1 saturated carbocycles. The molecule has 1 saturated heterocycles. The van der Waals surface area contributed by atoms with Crippen molar-refractivity contribution in [2.24, 2.45) is 0 Å². The van der Waals surface area contributed by atoms with Gasteiger partial charge in [-0.3, -0.25) is 9.59 Å². The summed E-state index contributed by atoms with van der Waals surface area (Å²) in [6.07, 6.45) is 4.52. The van der Waals surface area contributed by atoms with Crippen LogP contribution in [0.3, 0.4) is 0 Å². The summed E-state index contributed by atoms with van der Waals surface area (Å²) in [6.45, 7) is 0. The zero-order chi connectivity index (χ0) is 24.6. The fourth-order valence-corrected chi connectivity index (χ4v) is 5.55. The number of carbonyl (C=O) groups is 2. The van der Waals surface area contributed by atoms with E-state index in [1.807, 2.05) is 0 Å². The molecule has 1 atom stereocenters. The lowest BCUT2D eigenvalue weighted by Gasteiger charge is -2.35. The van der Waals surface area contributed by atoms with Crippen LogP contribution in [0.5, 0.6) is 17.2 Å². The van der Waals surface area contributed by atoms with E-state index in [2.05, 4.69) is 0 Å². The highest BCUT2D eigenvalue weighted by molar-refractivity contribution is 6.47. The van der Waals surface area contributed by atoms with Crippen molar-refractivity contribution in [3.63, 3.8) is 0 Å². The second-order valence-corrected chi connectivity index (χ2v) is 9.16. The van der Waals surface area contributed by atoms with Crippen molar-refractivity contribution in [2.75, 3.05) is 14.2 Å². The van der Waals surface area contributed by atoms with Gasteiger partial charge in [-0.15, -0.1) is 0 Å². The molecule has 1 aliphatic heterocycles. The molecule has 2 fully saturated rings. The first-order valence-corrected chi connectivity index (χ1v) is 11.7. The molecule has 180 valence electrons. The van der Waals surface area contributed by atoms with Gasteiger partial charge in [-0.05, 0) is 36.6 Å². The van der Waals surface area contributed by atoms with E-state index in [0.717, 1.165) is 32.1 Å². The Labute approximate surface area is 207 Å². The van der Waals surface area contributed by atoms with E-state index in [1.54, 1.807) is 17.0 Å². The smallest absolute Gasteiger partial charge is 0.295 e. The number of aromatic hydroxyl groups is 1. The molecule has 0 radical (unpaired) electrons. The molecule has 0 aromatic heterocycles. The zero-order valence-electron chi connectivity index (χ0n) is 18.8. The van der Waals surface area contributed by atoms with Gasteiger partial charge in [0.05, 0.1) is 36.4 Å². The predicted octanol–water partition coefficient (Wildman–Crippen LogP) is 5.47. The quantitative estimate of drug-likeness (QED) is 0.317. The van der Waals surface area contributed by atoms with Crippen molar-refractivity contribution >= 4 is 40.7 Å². The predicted molar refractivity (Wildman–Crippen MR) is 129 cm³/mol. The molecule has 34 heavy (non-hydrogen) atoms. The Morgan fingerprint density at radius 1 is 1.00 bits per heavy atom. The number of aliphatic hydroxyl groups excluding tert-OH is 1. The number of Topliss-reactive ketones (excluding diaryl/α,β-unsaturated/α-hetero) is 1. The monoisotopic (exact) mass is 505 g/mol. The third kappa shape index (κ3) is 4.07. The average Bonchev–Trinajstić information content (AvgIpc) is 3.10. The Kier molecular flexibility index (Phi) is 6.96. The topological polar surface area (TPSA) is 96.3 Å². The number of ether oxygens (including phenoxy) is 2. The van der Waals surface area contributed by atoms with Crippen LogP contribution in [0.2, 0.25) is 10.0 Å². The minimum absolute atomic E-state index is 0.0294. The Morgan fingerprint density at radius 2 is 1.62 bits per heavy atom. The lowest BCUT2D eigenvalue weighted by atomic mass is 9.91. The normalized spacial score (nSPS) is 20.6. The van der Waals surface area contributed by atoms with Gasteiger partial charge >= 0.3 is 0 Å². The molecule has 2 N–H and O–H groups in total. The molecular weight excluding hydrogens is 481 g/mol. The van der Waals surface area contributed by atoms with Crippen LogP contribution < -0.4 is 9.47 Å². The number of likely N-dealkylation sites (tertiary alicyclic amines) is 1. The van der Waals surface area contributed by atoms with E-state index >= 15 is 0 Å². The third-order valence-corrected chi connectivity index (χ3v) is 7.08. The van der Waals surface area contributed by atoms with Gasteiger partial charge in [0.2, 0.25) is 0 Å². The maximum absolute atomic E-state index is 13.3. The van der Waals surface area contributed by atoms with Gasteiger partial charge < -0.3 is 24.6 Å². The number of halogens is 2. The van der Waals surface area contributed by atoms with Crippen molar-refractivity contribution < 1.29 is 29.3 Å². The molecule has 7 nitrogen and oxygen atoms in total. The number of benzene rings is 2. The summed E-state index contributed by atoms with van der Waals surface area (Å²) >= 11 is 12.7. The fourth-order valence-electron chi connectivity index (χ4n) is 4.86. The number of phenols is 1. The summed E-state index contributed by atoms with van der Waals surface area (Å²) in [5.41, 5.74) is 0.578. The molecule has 9 heteroatoms. The Bertz CT molecular complexity index is 1150. The van der Waals surface area contributed by atoms with Crippen LogP contribution in [0.4, 0.5) is 0 Å². The summed E-state index contributed by atoms with van der Waals surface area (Å²) < 4.78 is 10.6. The van der Waals surface area contributed by atoms with E-state index in [9.17, 15) is 19.8 Å².